The number of ether oxygens (including phenoxy) is 1. The van der Waals surface area contributed by atoms with Crippen molar-refractivity contribution in [2.24, 2.45) is 0 Å². The van der Waals surface area contributed by atoms with E-state index in [9.17, 15) is 4.79 Å². The Hall–Kier alpha value is -1.15. The van der Waals surface area contributed by atoms with Crippen LogP contribution < -0.4 is 0 Å². The van der Waals surface area contributed by atoms with E-state index in [-0.39, 0.29) is 11.9 Å². The van der Waals surface area contributed by atoms with Gasteiger partial charge in [-0.15, -0.1) is 0 Å². The number of aryl methyl sites for hydroxylation is 1. The number of carbonyl (C=O) groups excluding carboxylic acids is 1. The van der Waals surface area contributed by atoms with E-state index in [1.54, 1.807) is 0 Å². The van der Waals surface area contributed by atoms with Gasteiger partial charge in [-0.3, -0.25) is 4.79 Å². The number of ketones is 1. The summed E-state index contributed by atoms with van der Waals surface area (Å²) in [5.41, 5.74) is 1.93. The van der Waals surface area contributed by atoms with Gasteiger partial charge in [-0.1, -0.05) is 29.8 Å². The van der Waals surface area contributed by atoms with E-state index in [0.29, 0.717) is 0 Å². The summed E-state index contributed by atoms with van der Waals surface area (Å²) in [6, 6.07) is 7.62. The fourth-order valence-corrected chi connectivity index (χ4v) is 1.35. The predicted molar refractivity (Wildman–Crippen MR) is 49.9 cm³/mol. The lowest BCUT2D eigenvalue weighted by atomic mass is 10.0. The van der Waals surface area contributed by atoms with E-state index < -0.39 is 0 Å². The van der Waals surface area contributed by atoms with Gasteiger partial charge in [0, 0.05) is 12.0 Å². The molecule has 2 heteroatoms. The van der Waals surface area contributed by atoms with Crippen molar-refractivity contribution in [2.45, 2.75) is 19.4 Å². The molecule has 1 aromatic carbocycles. The third-order valence-electron chi connectivity index (χ3n) is 2.33. The topological polar surface area (TPSA) is 26.3 Å². The van der Waals surface area contributed by atoms with E-state index in [4.69, 9.17) is 4.74 Å². The minimum Gasteiger partial charge on any atom is -0.370 e. The molecule has 0 amide bonds. The van der Waals surface area contributed by atoms with Crippen LogP contribution in [-0.2, 0) is 4.74 Å². The largest absolute Gasteiger partial charge is 0.370 e. The number of benzene rings is 1. The van der Waals surface area contributed by atoms with E-state index in [2.05, 4.69) is 0 Å². The van der Waals surface area contributed by atoms with Gasteiger partial charge in [0.1, 0.15) is 6.10 Å². The zero-order valence-electron chi connectivity index (χ0n) is 7.62. The van der Waals surface area contributed by atoms with Crippen molar-refractivity contribution in [3.8, 4) is 0 Å². The van der Waals surface area contributed by atoms with Crippen molar-refractivity contribution in [2.75, 3.05) is 6.61 Å². The molecule has 1 fully saturated rings. The molecule has 1 atom stereocenters. The van der Waals surface area contributed by atoms with Crippen molar-refractivity contribution in [3.63, 3.8) is 0 Å². The molecule has 2 rings (SSSR count). The Bertz CT molecular complexity index is 309. The van der Waals surface area contributed by atoms with Crippen LogP contribution in [0.3, 0.4) is 0 Å². The molecule has 2 nitrogen and oxygen atoms in total. The highest BCUT2D eigenvalue weighted by molar-refractivity contribution is 5.99. The van der Waals surface area contributed by atoms with Gasteiger partial charge < -0.3 is 4.74 Å². The van der Waals surface area contributed by atoms with Crippen LogP contribution >= 0.6 is 0 Å². The highest BCUT2D eigenvalue weighted by Gasteiger charge is 2.26. The number of rotatable bonds is 2. The minimum absolute atomic E-state index is 0.117. The van der Waals surface area contributed by atoms with Crippen LogP contribution in [0.2, 0.25) is 0 Å². The van der Waals surface area contributed by atoms with Gasteiger partial charge in [0.05, 0.1) is 6.61 Å². The quantitative estimate of drug-likeness (QED) is 0.644. The summed E-state index contributed by atoms with van der Waals surface area (Å²) in [4.78, 5) is 11.6. The number of Topliss-reactive ketones (excluding diaryl/α,β-unsaturated/α-hetero) is 1. The molecular weight excluding hydrogens is 164 g/mol. The third-order valence-corrected chi connectivity index (χ3v) is 2.33. The van der Waals surface area contributed by atoms with Gasteiger partial charge in [0.15, 0.2) is 5.78 Å². The first-order valence-corrected chi connectivity index (χ1v) is 4.50. The van der Waals surface area contributed by atoms with Crippen LogP contribution in [0.1, 0.15) is 22.3 Å². The molecule has 13 heavy (non-hydrogen) atoms. The average Bonchev–Trinajstić information content (AvgIpc) is 2.02. The Morgan fingerprint density at radius 3 is 2.46 bits per heavy atom. The summed E-state index contributed by atoms with van der Waals surface area (Å²) < 4.78 is 5.13. The van der Waals surface area contributed by atoms with Crippen LogP contribution in [0, 0.1) is 6.92 Å². The highest BCUT2D eigenvalue weighted by atomic mass is 16.5. The third kappa shape index (κ3) is 1.63. The summed E-state index contributed by atoms with van der Waals surface area (Å²) in [5.74, 6) is 0.117. The molecule has 0 saturated carbocycles. The maximum Gasteiger partial charge on any atom is 0.191 e. The monoisotopic (exact) mass is 176 g/mol. The second-order valence-corrected chi connectivity index (χ2v) is 3.38. The lowest BCUT2D eigenvalue weighted by molar-refractivity contribution is -0.0318. The first-order valence-electron chi connectivity index (χ1n) is 4.50. The second-order valence-electron chi connectivity index (χ2n) is 3.38. The predicted octanol–water partition coefficient (Wildman–Crippen LogP) is 1.97. The lowest BCUT2D eigenvalue weighted by Crippen LogP contribution is -2.34. The molecule has 1 heterocycles. The van der Waals surface area contributed by atoms with Gasteiger partial charge in [0.25, 0.3) is 0 Å². The summed E-state index contributed by atoms with van der Waals surface area (Å²) in [6.07, 6.45) is 0.690. The molecule has 0 N–H and O–H groups in total. The van der Waals surface area contributed by atoms with Crippen molar-refractivity contribution in [1.82, 2.24) is 0 Å². The van der Waals surface area contributed by atoms with Gasteiger partial charge >= 0.3 is 0 Å². The number of hydrogen-bond acceptors (Lipinski definition) is 2. The van der Waals surface area contributed by atoms with Crippen LogP contribution in [0.5, 0.6) is 0 Å². The Morgan fingerprint density at radius 1 is 1.38 bits per heavy atom. The van der Waals surface area contributed by atoms with Crippen LogP contribution in [0.4, 0.5) is 0 Å². The second kappa shape index (κ2) is 3.30. The fraction of sp³-hybridized carbons (Fsp3) is 0.364. The first kappa shape index (κ1) is 8.45. The molecule has 0 aliphatic carbocycles. The van der Waals surface area contributed by atoms with E-state index in [1.165, 1.54) is 5.56 Å². The Morgan fingerprint density at radius 2 is 2.00 bits per heavy atom. The maximum atomic E-state index is 11.6. The molecule has 1 aromatic rings. The molecular formula is C11H12O2. The minimum atomic E-state index is -0.178. The fourth-order valence-electron chi connectivity index (χ4n) is 1.35. The normalized spacial score (nSPS) is 20.8. The molecule has 1 saturated heterocycles. The molecule has 1 aliphatic rings. The van der Waals surface area contributed by atoms with Crippen molar-refractivity contribution in [1.29, 1.82) is 0 Å². The van der Waals surface area contributed by atoms with Crippen molar-refractivity contribution in [3.05, 3.63) is 35.4 Å². The van der Waals surface area contributed by atoms with Crippen LogP contribution in [-0.4, -0.2) is 18.5 Å². The van der Waals surface area contributed by atoms with E-state index in [1.807, 2.05) is 31.2 Å². The summed E-state index contributed by atoms with van der Waals surface area (Å²) in [5, 5.41) is 0. The summed E-state index contributed by atoms with van der Waals surface area (Å²) >= 11 is 0. The molecule has 0 aromatic heterocycles. The summed E-state index contributed by atoms with van der Waals surface area (Å²) in [7, 11) is 0. The molecule has 0 bridgehead atoms. The van der Waals surface area contributed by atoms with Crippen LogP contribution in [0.25, 0.3) is 0 Å². The zero-order chi connectivity index (χ0) is 9.26. The molecule has 0 radical (unpaired) electrons. The number of hydrogen-bond donors (Lipinski definition) is 0. The maximum absolute atomic E-state index is 11.6. The van der Waals surface area contributed by atoms with Gasteiger partial charge in [-0.25, -0.2) is 0 Å². The Balaban J connectivity index is 2.15. The Kier molecular flexibility index (Phi) is 2.15. The smallest absolute Gasteiger partial charge is 0.191 e. The standard InChI is InChI=1S/C11H12O2/c1-8-2-4-9(5-3-8)11(12)10-6-7-13-10/h2-5,10H,6-7H2,1H3. The molecule has 0 spiro atoms. The van der Waals surface area contributed by atoms with Gasteiger partial charge in [-0.2, -0.15) is 0 Å². The average molecular weight is 176 g/mol. The van der Waals surface area contributed by atoms with E-state index in [0.717, 1.165) is 18.6 Å². The highest BCUT2D eigenvalue weighted by Crippen LogP contribution is 2.17. The van der Waals surface area contributed by atoms with Crippen molar-refractivity contribution >= 4 is 5.78 Å². The lowest BCUT2D eigenvalue weighted by Gasteiger charge is -2.24. The SMILES string of the molecule is Cc1ccc(C(=O)C2CCO2)cc1. The first-order chi connectivity index (χ1) is 6.27. The zero-order valence-corrected chi connectivity index (χ0v) is 7.62. The van der Waals surface area contributed by atoms with Crippen LogP contribution in [0.15, 0.2) is 24.3 Å². The number of carbonyl (C=O) groups is 1. The van der Waals surface area contributed by atoms with Gasteiger partial charge in [0.2, 0.25) is 0 Å². The Labute approximate surface area is 77.5 Å². The van der Waals surface area contributed by atoms with E-state index >= 15 is 0 Å². The van der Waals surface area contributed by atoms with Crippen molar-refractivity contribution < 1.29 is 9.53 Å². The molecule has 68 valence electrons. The molecule has 1 unspecified atom stereocenters. The van der Waals surface area contributed by atoms with Gasteiger partial charge in [-0.05, 0) is 6.92 Å². The molecule has 1 aliphatic heterocycles. The summed E-state index contributed by atoms with van der Waals surface area (Å²) in [6.45, 7) is 2.73.